The molecule has 0 radical (unpaired) electrons. The molecular weight excluding hydrogens is 551 g/mol. The van der Waals surface area contributed by atoms with E-state index in [0.717, 1.165) is 12.8 Å². The Hall–Kier alpha value is -1.57. The number of unbranched alkanes of at least 4 members (excludes halogenated alkanes) is 4. The van der Waals surface area contributed by atoms with Crippen molar-refractivity contribution in [1.29, 1.82) is 0 Å². The third-order valence-electron chi connectivity index (χ3n) is 4.44. The van der Waals surface area contributed by atoms with Gasteiger partial charge in [0.15, 0.2) is 0 Å². The minimum atomic E-state index is -1.19. The van der Waals surface area contributed by atoms with E-state index in [1.54, 1.807) is 20.2 Å². The van der Waals surface area contributed by atoms with Gasteiger partial charge in [-0.2, -0.15) is 0 Å². The van der Waals surface area contributed by atoms with Gasteiger partial charge in [-0.3, -0.25) is 0 Å². The number of aliphatic carboxylic acids is 1. The molecule has 0 bridgehead atoms. The van der Waals surface area contributed by atoms with Gasteiger partial charge in [0, 0.05) is 11.6 Å². The van der Waals surface area contributed by atoms with Gasteiger partial charge < -0.3 is 19.4 Å². The van der Waals surface area contributed by atoms with E-state index < -0.39 is 25.7 Å². The first-order valence-corrected chi connectivity index (χ1v) is 18.8. The summed E-state index contributed by atoms with van der Waals surface area (Å²) in [6.45, 7) is 22.3. The molecule has 0 aliphatic rings. The van der Waals surface area contributed by atoms with E-state index in [2.05, 4.69) is 50.0 Å². The van der Waals surface area contributed by atoms with E-state index in [0.29, 0.717) is 12.2 Å². The molecule has 0 aromatic carbocycles. The van der Waals surface area contributed by atoms with Crippen LogP contribution in [-0.4, -0.2) is 51.4 Å². The predicted molar refractivity (Wildman–Crippen MR) is 148 cm³/mol. The van der Waals surface area contributed by atoms with Gasteiger partial charge in [0.05, 0.1) is 19.7 Å². The van der Waals surface area contributed by atoms with E-state index in [1.807, 2.05) is 6.92 Å². The van der Waals surface area contributed by atoms with E-state index >= 15 is 0 Å². The number of carboxylic acid groups (broad SMARTS) is 1. The van der Waals surface area contributed by atoms with Gasteiger partial charge in [-0.05, 0) is 25.8 Å². The standard InChI is InChI=1S/C7H12O2.C5H8O2.C4H6O2.3C4H9.Sn/c1-3-5-6-9-7(8)4-2;1-4(2)5(6)7-3;1-3(2)4(5)6;3*1-3-4-2;/h4H,2-3,5-6H2,1H3;1H2,2-3H3;1H2,2H3,(H,5,6);3*1,3-4H2,2H3;/q;;;;;;+1/p-1. The SMILES string of the molecule is C=C(C)C(=O)OC.C=C(C)C(=O)[O-].C=CC(=O)OCCCC.CCC[CH2][Sn+]([CH2]CCC)[CH2]CCC. The second-order valence-electron chi connectivity index (χ2n) is 8.13. The Kier molecular flexibility index (Phi) is 37.6. The van der Waals surface area contributed by atoms with Gasteiger partial charge in [0.2, 0.25) is 0 Å². The molecule has 0 amide bonds. The number of methoxy groups -OCH3 is 1. The van der Waals surface area contributed by atoms with Gasteiger partial charge in [0.25, 0.3) is 0 Å². The molecule has 0 atom stereocenters. The molecular formula is C28H52O6Sn. The first-order chi connectivity index (χ1) is 16.5. The van der Waals surface area contributed by atoms with Gasteiger partial charge in [-0.15, -0.1) is 0 Å². The fourth-order valence-electron chi connectivity index (χ4n) is 2.21. The van der Waals surface area contributed by atoms with Gasteiger partial charge >= 0.3 is 104 Å². The van der Waals surface area contributed by atoms with Crippen LogP contribution in [0, 0.1) is 0 Å². The van der Waals surface area contributed by atoms with Crippen LogP contribution in [-0.2, 0) is 23.9 Å². The Morgan fingerprint density at radius 1 is 0.800 bits per heavy atom. The van der Waals surface area contributed by atoms with Crippen molar-refractivity contribution < 1.29 is 29.0 Å². The summed E-state index contributed by atoms with van der Waals surface area (Å²) in [5.41, 5.74) is 0.498. The summed E-state index contributed by atoms with van der Waals surface area (Å²) < 4.78 is 14.0. The Bertz CT molecular complexity index is 541. The van der Waals surface area contributed by atoms with Crippen molar-refractivity contribution in [2.45, 2.75) is 106 Å². The molecule has 0 saturated heterocycles. The summed E-state index contributed by atoms with van der Waals surface area (Å²) >= 11 is -0.839. The van der Waals surface area contributed by atoms with Crippen LogP contribution in [0.25, 0.3) is 0 Å². The normalized spacial score (nSPS) is 8.89. The summed E-state index contributed by atoms with van der Waals surface area (Å²) in [5, 5.41) is 9.49. The molecule has 0 heterocycles. The first kappa shape index (κ1) is 40.6. The minimum absolute atomic E-state index is 0.0648. The van der Waals surface area contributed by atoms with Crippen molar-refractivity contribution in [3.8, 4) is 0 Å². The van der Waals surface area contributed by atoms with Crippen molar-refractivity contribution in [2.75, 3.05) is 13.7 Å². The summed E-state index contributed by atoms with van der Waals surface area (Å²) in [6, 6.07) is 0. The van der Waals surface area contributed by atoms with Crippen molar-refractivity contribution in [3.63, 3.8) is 0 Å². The third-order valence-corrected chi connectivity index (χ3v) is 13.5. The molecule has 6 nitrogen and oxygen atoms in total. The number of ether oxygens (including phenoxy) is 2. The maximum atomic E-state index is 10.3. The zero-order chi connectivity index (χ0) is 28.1. The fraction of sp³-hybridized carbons (Fsp3) is 0.679. The summed E-state index contributed by atoms with van der Waals surface area (Å²) in [4.78, 5) is 30.0. The van der Waals surface area contributed by atoms with Crippen molar-refractivity contribution in [1.82, 2.24) is 0 Å². The van der Waals surface area contributed by atoms with Crippen LogP contribution in [0.1, 0.15) is 92.9 Å². The zero-order valence-electron chi connectivity index (χ0n) is 23.6. The van der Waals surface area contributed by atoms with E-state index in [9.17, 15) is 19.5 Å². The Morgan fingerprint density at radius 3 is 1.37 bits per heavy atom. The monoisotopic (exact) mass is 604 g/mol. The molecule has 35 heavy (non-hydrogen) atoms. The zero-order valence-corrected chi connectivity index (χ0v) is 26.5. The van der Waals surface area contributed by atoms with Crippen LogP contribution in [0.2, 0.25) is 13.3 Å². The first-order valence-electron chi connectivity index (χ1n) is 12.7. The molecule has 0 aliphatic carbocycles. The number of carbonyl (C=O) groups is 3. The van der Waals surface area contributed by atoms with Crippen molar-refractivity contribution in [2.24, 2.45) is 0 Å². The molecule has 7 heteroatoms. The molecule has 0 aliphatic heterocycles. The molecule has 0 aromatic heterocycles. The van der Waals surface area contributed by atoms with Crippen molar-refractivity contribution in [3.05, 3.63) is 37.0 Å². The Morgan fingerprint density at radius 2 is 1.17 bits per heavy atom. The second kappa shape index (κ2) is 32.4. The van der Waals surface area contributed by atoms with Gasteiger partial charge in [-0.1, -0.05) is 33.1 Å². The van der Waals surface area contributed by atoms with Crippen LogP contribution in [0.4, 0.5) is 0 Å². The van der Waals surface area contributed by atoms with Crippen LogP contribution < -0.4 is 5.11 Å². The Balaban J connectivity index is -0.000000192. The number of carbonyl (C=O) groups excluding carboxylic acids is 3. The van der Waals surface area contributed by atoms with Crippen LogP contribution in [0.15, 0.2) is 37.0 Å². The molecule has 0 saturated carbocycles. The number of rotatable bonds is 15. The third kappa shape index (κ3) is 39.9. The average molecular weight is 603 g/mol. The molecule has 0 N–H and O–H groups in total. The maximum absolute atomic E-state index is 10.3. The molecule has 0 fully saturated rings. The van der Waals surface area contributed by atoms with Gasteiger partial charge in [-0.25, -0.2) is 9.59 Å². The molecule has 0 unspecified atom stereocenters. The second-order valence-corrected chi connectivity index (χ2v) is 16.7. The van der Waals surface area contributed by atoms with Crippen LogP contribution in [0.3, 0.4) is 0 Å². The number of hydrogen-bond acceptors (Lipinski definition) is 6. The van der Waals surface area contributed by atoms with Crippen molar-refractivity contribution >= 4 is 37.7 Å². The molecule has 0 spiro atoms. The topological polar surface area (TPSA) is 92.7 Å². The predicted octanol–water partition coefficient (Wildman–Crippen LogP) is 6.45. The van der Waals surface area contributed by atoms with Crippen LogP contribution in [0.5, 0.6) is 0 Å². The van der Waals surface area contributed by atoms with E-state index in [1.165, 1.54) is 58.6 Å². The molecule has 0 aromatic rings. The summed E-state index contributed by atoms with van der Waals surface area (Å²) in [7, 11) is 1.33. The number of carboxylic acids is 1. The quantitative estimate of drug-likeness (QED) is 0.0926. The summed E-state index contributed by atoms with van der Waals surface area (Å²) in [5.74, 6) is -1.86. The number of hydrogen-bond donors (Lipinski definition) is 0. The van der Waals surface area contributed by atoms with E-state index in [4.69, 9.17) is 0 Å². The molecule has 204 valence electrons. The average Bonchev–Trinajstić information content (AvgIpc) is 2.84. The fourth-order valence-corrected chi connectivity index (χ4v) is 11.7. The number of esters is 2. The van der Waals surface area contributed by atoms with Gasteiger partial charge in [0.1, 0.15) is 0 Å². The molecule has 0 rings (SSSR count). The van der Waals surface area contributed by atoms with Crippen LogP contribution >= 0.6 is 0 Å². The van der Waals surface area contributed by atoms with E-state index in [-0.39, 0.29) is 17.5 Å². The summed E-state index contributed by atoms with van der Waals surface area (Å²) in [6.07, 6.45) is 12.0. The Labute approximate surface area is 223 Å².